The number of methoxy groups -OCH3 is 1. The van der Waals surface area contributed by atoms with Gasteiger partial charge in [-0.1, -0.05) is 0 Å². The van der Waals surface area contributed by atoms with Gasteiger partial charge in [0.1, 0.15) is 5.82 Å². The molecule has 0 aromatic heterocycles. The third kappa shape index (κ3) is 3.45. The van der Waals surface area contributed by atoms with Crippen LogP contribution >= 0.6 is 0 Å². The first kappa shape index (κ1) is 14.3. The van der Waals surface area contributed by atoms with Gasteiger partial charge in [0.05, 0.1) is 6.61 Å². The van der Waals surface area contributed by atoms with E-state index >= 15 is 0 Å². The van der Waals surface area contributed by atoms with Crippen LogP contribution in [0.5, 0.6) is 0 Å². The molecule has 4 heteroatoms. The monoisotopic (exact) mass is 266 g/mol. The molecule has 1 N–H and O–H groups in total. The number of rotatable bonds is 7. The molecule has 106 valence electrons. The maximum atomic E-state index is 13.5. The molecular formula is C15H23FN2O. The zero-order chi connectivity index (χ0) is 13.8. The normalized spacial score (nSPS) is 16.4. The van der Waals surface area contributed by atoms with Gasteiger partial charge in [-0.3, -0.25) is 0 Å². The van der Waals surface area contributed by atoms with Crippen LogP contribution in [-0.4, -0.2) is 33.4 Å². The molecule has 1 unspecified atom stereocenters. The van der Waals surface area contributed by atoms with Crippen LogP contribution < -0.4 is 10.2 Å². The summed E-state index contributed by atoms with van der Waals surface area (Å²) in [6.45, 7) is 3.61. The average Bonchev–Trinajstić information content (AvgIpc) is 3.24. The Bertz CT molecular complexity index is 421. The zero-order valence-corrected chi connectivity index (χ0v) is 11.9. The lowest BCUT2D eigenvalue weighted by atomic mass is 10.0. The number of nitrogens with one attached hydrogen (secondary N) is 1. The number of benzene rings is 1. The molecule has 19 heavy (non-hydrogen) atoms. The van der Waals surface area contributed by atoms with E-state index < -0.39 is 0 Å². The van der Waals surface area contributed by atoms with Gasteiger partial charge in [-0.05, 0) is 50.6 Å². The first-order chi connectivity index (χ1) is 9.17. The minimum absolute atomic E-state index is 0.134. The van der Waals surface area contributed by atoms with Gasteiger partial charge in [0.15, 0.2) is 0 Å². The predicted octanol–water partition coefficient (Wildman–Crippen LogP) is 2.72. The fraction of sp³-hybridized carbons (Fsp3) is 0.600. The van der Waals surface area contributed by atoms with Crippen LogP contribution in [0.1, 0.15) is 31.4 Å². The van der Waals surface area contributed by atoms with Gasteiger partial charge in [0, 0.05) is 31.4 Å². The maximum absolute atomic E-state index is 13.5. The molecule has 1 aliphatic carbocycles. The number of hydrogen-bond donors (Lipinski definition) is 1. The molecule has 0 radical (unpaired) electrons. The smallest absolute Gasteiger partial charge is 0.123 e. The zero-order valence-electron chi connectivity index (χ0n) is 11.9. The Hall–Kier alpha value is -1.13. The molecule has 1 aliphatic rings. The molecular weight excluding hydrogens is 243 g/mol. The molecule has 0 saturated heterocycles. The summed E-state index contributed by atoms with van der Waals surface area (Å²) in [5.41, 5.74) is 2.15. The second-order valence-electron chi connectivity index (χ2n) is 5.13. The number of nitrogens with zero attached hydrogens (tertiary/aromatic N) is 1. The third-order valence-corrected chi connectivity index (χ3v) is 3.72. The van der Waals surface area contributed by atoms with Crippen molar-refractivity contribution in [2.45, 2.75) is 31.8 Å². The highest BCUT2D eigenvalue weighted by Gasteiger charge is 2.30. The summed E-state index contributed by atoms with van der Waals surface area (Å²) in [5.74, 6) is -0.177. The highest BCUT2D eigenvalue weighted by molar-refractivity contribution is 5.56. The Balaban J connectivity index is 2.29. The van der Waals surface area contributed by atoms with Crippen LogP contribution in [0.3, 0.4) is 0 Å². The van der Waals surface area contributed by atoms with Crippen molar-refractivity contribution in [3.8, 4) is 0 Å². The summed E-state index contributed by atoms with van der Waals surface area (Å²) >= 11 is 0. The van der Waals surface area contributed by atoms with E-state index in [1.165, 1.54) is 12.8 Å². The average molecular weight is 266 g/mol. The van der Waals surface area contributed by atoms with Crippen LogP contribution in [-0.2, 0) is 4.74 Å². The van der Waals surface area contributed by atoms with E-state index in [-0.39, 0.29) is 11.9 Å². The molecule has 1 aromatic carbocycles. The summed E-state index contributed by atoms with van der Waals surface area (Å²) in [6.07, 6.45) is 2.43. The first-order valence-corrected chi connectivity index (χ1v) is 6.89. The SMILES string of the molecule is CNC(C)c1cc(F)ccc1N(CCOC)C1CC1. The molecule has 1 aromatic rings. The van der Waals surface area contributed by atoms with Crippen LogP contribution in [0.15, 0.2) is 18.2 Å². The van der Waals surface area contributed by atoms with Gasteiger partial charge in [-0.2, -0.15) is 0 Å². The van der Waals surface area contributed by atoms with Gasteiger partial charge in [-0.25, -0.2) is 4.39 Å². The Kier molecular flexibility index (Phi) is 4.77. The van der Waals surface area contributed by atoms with E-state index in [1.54, 1.807) is 19.2 Å². The second-order valence-corrected chi connectivity index (χ2v) is 5.13. The third-order valence-electron chi connectivity index (χ3n) is 3.72. The van der Waals surface area contributed by atoms with Crippen molar-refractivity contribution in [3.63, 3.8) is 0 Å². The fourth-order valence-corrected chi connectivity index (χ4v) is 2.36. The summed E-state index contributed by atoms with van der Waals surface area (Å²) in [7, 11) is 3.61. The van der Waals surface area contributed by atoms with E-state index in [4.69, 9.17) is 4.74 Å². The molecule has 0 spiro atoms. The van der Waals surface area contributed by atoms with Gasteiger partial charge >= 0.3 is 0 Å². The fourth-order valence-electron chi connectivity index (χ4n) is 2.36. The quantitative estimate of drug-likeness (QED) is 0.821. The van der Waals surface area contributed by atoms with E-state index in [0.29, 0.717) is 12.6 Å². The van der Waals surface area contributed by atoms with Crippen LogP contribution in [0.25, 0.3) is 0 Å². The lowest BCUT2D eigenvalue weighted by Gasteiger charge is -2.28. The minimum Gasteiger partial charge on any atom is -0.383 e. The Morgan fingerprint density at radius 2 is 2.21 bits per heavy atom. The Morgan fingerprint density at radius 1 is 1.47 bits per heavy atom. The largest absolute Gasteiger partial charge is 0.383 e. The number of hydrogen-bond acceptors (Lipinski definition) is 3. The van der Waals surface area contributed by atoms with E-state index in [0.717, 1.165) is 17.8 Å². The van der Waals surface area contributed by atoms with Crippen molar-refractivity contribution in [1.29, 1.82) is 0 Å². The molecule has 0 amide bonds. The molecule has 1 fully saturated rings. The number of halogens is 1. The number of ether oxygens (including phenoxy) is 1. The summed E-state index contributed by atoms with van der Waals surface area (Å²) in [5, 5.41) is 3.19. The van der Waals surface area contributed by atoms with Gasteiger partial charge in [0.2, 0.25) is 0 Å². The molecule has 0 bridgehead atoms. The Morgan fingerprint density at radius 3 is 2.79 bits per heavy atom. The van der Waals surface area contributed by atoms with Crippen molar-refractivity contribution in [2.75, 3.05) is 32.2 Å². The van der Waals surface area contributed by atoms with E-state index in [1.807, 2.05) is 13.1 Å². The number of anilines is 1. The minimum atomic E-state index is -0.177. The molecule has 2 rings (SSSR count). The molecule has 3 nitrogen and oxygen atoms in total. The van der Waals surface area contributed by atoms with Crippen LogP contribution in [0.4, 0.5) is 10.1 Å². The molecule has 0 heterocycles. The van der Waals surface area contributed by atoms with Gasteiger partial charge in [-0.15, -0.1) is 0 Å². The highest BCUT2D eigenvalue weighted by atomic mass is 19.1. The van der Waals surface area contributed by atoms with Crippen LogP contribution in [0, 0.1) is 5.82 Å². The standard InChI is InChI=1S/C15H23FN2O/c1-11(17-2)14-10-12(16)4-7-15(14)18(8-9-19-3)13-5-6-13/h4,7,10-11,13,17H,5-6,8-9H2,1-3H3. The topological polar surface area (TPSA) is 24.5 Å². The maximum Gasteiger partial charge on any atom is 0.123 e. The van der Waals surface area contributed by atoms with Gasteiger partial charge < -0.3 is 15.0 Å². The van der Waals surface area contributed by atoms with Crippen molar-refractivity contribution in [2.24, 2.45) is 0 Å². The van der Waals surface area contributed by atoms with Crippen molar-refractivity contribution in [3.05, 3.63) is 29.6 Å². The lowest BCUT2D eigenvalue weighted by Crippen LogP contribution is -2.31. The highest BCUT2D eigenvalue weighted by Crippen LogP contribution is 2.35. The lowest BCUT2D eigenvalue weighted by molar-refractivity contribution is 0.205. The first-order valence-electron chi connectivity index (χ1n) is 6.89. The summed E-state index contributed by atoms with van der Waals surface area (Å²) in [6, 6.07) is 5.80. The van der Waals surface area contributed by atoms with E-state index in [9.17, 15) is 4.39 Å². The summed E-state index contributed by atoms with van der Waals surface area (Å²) < 4.78 is 18.7. The van der Waals surface area contributed by atoms with E-state index in [2.05, 4.69) is 17.1 Å². The van der Waals surface area contributed by atoms with Crippen molar-refractivity contribution >= 4 is 5.69 Å². The molecule has 1 atom stereocenters. The molecule has 0 aliphatic heterocycles. The van der Waals surface area contributed by atoms with Crippen molar-refractivity contribution < 1.29 is 9.13 Å². The van der Waals surface area contributed by atoms with Gasteiger partial charge in [0.25, 0.3) is 0 Å². The summed E-state index contributed by atoms with van der Waals surface area (Å²) in [4.78, 5) is 2.35. The van der Waals surface area contributed by atoms with Crippen molar-refractivity contribution in [1.82, 2.24) is 5.32 Å². The van der Waals surface area contributed by atoms with Crippen LogP contribution in [0.2, 0.25) is 0 Å². The predicted molar refractivity (Wildman–Crippen MR) is 76.1 cm³/mol. The second kappa shape index (κ2) is 6.35. The Labute approximate surface area is 114 Å². The molecule has 1 saturated carbocycles.